The number of hydrogen-bond acceptors (Lipinski definition) is 9. The molecule has 1 N–H and O–H groups in total. The minimum Gasteiger partial charge on any atom is -0.450 e. The predicted octanol–water partition coefficient (Wildman–Crippen LogP) is 0.940. The molecule has 0 aromatic heterocycles. The van der Waals surface area contributed by atoms with Gasteiger partial charge in [-0.05, 0) is 6.92 Å². The summed E-state index contributed by atoms with van der Waals surface area (Å²) in [6.45, 7) is 5.70. The third kappa shape index (κ3) is 36.1. The highest BCUT2D eigenvalue weighted by molar-refractivity contribution is 5.61. The van der Waals surface area contributed by atoms with E-state index in [1.165, 1.54) is 0 Å². The lowest BCUT2D eigenvalue weighted by Crippen LogP contribution is -2.07. The van der Waals surface area contributed by atoms with Crippen LogP contribution in [0.5, 0.6) is 0 Å². The van der Waals surface area contributed by atoms with Gasteiger partial charge in [-0.1, -0.05) is 7.43 Å². The maximum Gasteiger partial charge on any atom is 0.508 e. The van der Waals surface area contributed by atoms with E-state index in [9.17, 15) is 9.59 Å². The molecule has 0 saturated carbocycles. The lowest BCUT2D eigenvalue weighted by Gasteiger charge is -1.98. The van der Waals surface area contributed by atoms with Gasteiger partial charge in [0.25, 0.3) is 0 Å². The second kappa shape index (κ2) is 21.1. The summed E-state index contributed by atoms with van der Waals surface area (Å²) < 4.78 is 22.0. The van der Waals surface area contributed by atoms with Gasteiger partial charge in [-0.15, -0.1) is 0 Å². The molecule has 0 aromatic carbocycles. The van der Waals surface area contributed by atoms with Crippen LogP contribution in [-0.4, -0.2) is 69.8 Å². The predicted molar refractivity (Wildman–Crippen MR) is 70.3 cm³/mol. The Labute approximate surface area is 128 Å². The van der Waals surface area contributed by atoms with E-state index >= 15 is 0 Å². The van der Waals surface area contributed by atoms with Crippen LogP contribution < -0.4 is 0 Å². The van der Waals surface area contributed by atoms with Crippen LogP contribution in [0.25, 0.3) is 0 Å². The van der Waals surface area contributed by atoms with Crippen LogP contribution in [0, 0.1) is 0 Å². The zero-order valence-electron chi connectivity index (χ0n) is 11.6. The maximum atomic E-state index is 9.80. The van der Waals surface area contributed by atoms with E-state index in [2.05, 4.69) is 18.9 Å². The van der Waals surface area contributed by atoms with E-state index in [1.807, 2.05) is 6.92 Å². The van der Waals surface area contributed by atoms with Crippen LogP contribution >= 0.6 is 0 Å². The van der Waals surface area contributed by atoms with E-state index in [0.717, 1.165) is 13.2 Å². The summed E-state index contributed by atoms with van der Waals surface area (Å²) in [6, 6.07) is 0. The van der Waals surface area contributed by atoms with Gasteiger partial charge in [0.2, 0.25) is 0 Å². The van der Waals surface area contributed by atoms with E-state index < -0.39 is 12.3 Å². The number of hydrogen-bond donors (Lipinski definition) is 1. The van der Waals surface area contributed by atoms with Crippen molar-refractivity contribution in [1.82, 2.24) is 0 Å². The number of rotatable bonds is 4. The van der Waals surface area contributed by atoms with Gasteiger partial charge < -0.3 is 28.8 Å². The summed E-state index contributed by atoms with van der Waals surface area (Å²) in [4.78, 5) is 35.7. The van der Waals surface area contributed by atoms with Crippen molar-refractivity contribution in [3.63, 3.8) is 0 Å². The Bertz CT molecular complexity index is 286. The fourth-order valence-corrected chi connectivity index (χ4v) is 0.624. The number of ether oxygens (including phenoxy) is 5. The average molecular weight is 326 g/mol. The molecule has 2 heterocycles. The summed E-state index contributed by atoms with van der Waals surface area (Å²) in [6.07, 6.45) is -1.55. The minimum absolute atomic E-state index is 0. The molecule has 0 spiro atoms. The van der Waals surface area contributed by atoms with E-state index in [4.69, 9.17) is 19.4 Å². The highest BCUT2D eigenvalue weighted by Crippen LogP contribution is 1.92. The van der Waals surface area contributed by atoms with Crippen molar-refractivity contribution < 1.29 is 48.0 Å². The lowest BCUT2D eigenvalue weighted by molar-refractivity contribution is -0.191. The molecular formula is C12H22O10. The molecule has 2 aliphatic heterocycles. The molecule has 0 bridgehead atoms. The van der Waals surface area contributed by atoms with Gasteiger partial charge >= 0.3 is 18.5 Å². The summed E-state index contributed by atoms with van der Waals surface area (Å²) in [5, 5.41) is 7.94. The molecule has 0 aromatic rings. The van der Waals surface area contributed by atoms with Gasteiger partial charge in [0.1, 0.15) is 19.8 Å². The second-order valence-electron chi connectivity index (χ2n) is 2.95. The monoisotopic (exact) mass is 326 g/mol. The van der Waals surface area contributed by atoms with Crippen molar-refractivity contribution in [2.45, 2.75) is 14.4 Å². The largest absolute Gasteiger partial charge is 0.508 e. The fraction of sp³-hybridized carbons (Fsp3) is 0.750. The van der Waals surface area contributed by atoms with Crippen molar-refractivity contribution in [1.29, 1.82) is 0 Å². The minimum atomic E-state index is -1.25. The third-order valence-corrected chi connectivity index (χ3v) is 1.38. The molecule has 2 rings (SSSR count). The van der Waals surface area contributed by atoms with Crippen molar-refractivity contribution in [3.8, 4) is 0 Å². The van der Waals surface area contributed by atoms with Crippen molar-refractivity contribution in [2.24, 2.45) is 0 Å². The molecule has 22 heavy (non-hydrogen) atoms. The Hall–Kier alpha value is -2.16. The van der Waals surface area contributed by atoms with E-state index in [-0.39, 0.29) is 20.2 Å². The van der Waals surface area contributed by atoms with Crippen LogP contribution in [0.1, 0.15) is 14.4 Å². The zero-order valence-corrected chi connectivity index (χ0v) is 11.6. The van der Waals surface area contributed by atoms with Crippen LogP contribution in [0.3, 0.4) is 0 Å². The number of cyclic esters (lactones) is 2. The van der Waals surface area contributed by atoms with Crippen LogP contribution in [-0.2, 0) is 33.3 Å². The van der Waals surface area contributed by atoms with Crippen molar-refractivity contribution in [2.75, 3.05) is 46.2 Å². The number of epoxide rings is 1. The molecule has 0 amide bonds. The number of carboxylic acid groups (broad SMARTS) is 1. The molecule has 10 heteroatoms. The molecule has 2 saturated heterocycles. The Morgan fingerprint density at radius 3 is 1.86 bits per heavy atom. The van der Waals surface area contributed by atoms with Gasteiger partial charge in [-0.3, -0.25) is 0 Å². The van der Waals surface area contributed by atoms with E-state index in [0.29, 0.717) is 26.4 Å². The van der Waals surface area contributed by atoms with Gasteiger partial charge in [0, 0.05) is 6.61 Å². The summed E-state index contributed by atoms with van der Waals surface area (Å²) >= 11 is 0. The first-order chi connectivity index (χ1) is 10.1. The van der Waals surface area contributed by atoms with Gasteiger partial charge in [0.15, 0.2) is 0 Å². The first-order valence-corrected chi connectivity index (χ1v) is 5.88. The molecule has 0 atom stereocenters. The Morgan fingerprint density at radius 1 is 1.18 bits per heavy atom. The summed E-state index contributed by atoms with van der Waals surface area (Å²) in [7, 11) is 0. The highest BCUT2D eigenvalue weighted by Gasteiger charge is 2.09. The molecule has 10 nitrogen and oxygen atoms in total. The molecule has 2 aliphatic rings. The molecule has 0 unspecified atom stereocenters. The first-order valence-electron chi connectivity index (χ1n) is 5.88. The third-order valence-electron chi connectivity index (χ3n) is 1.38. The normalized spacial score (nSPS) is 12.7. The van der Waals surface area contributed by atoms with Crippen LogP contribution in [0.15, 0.2) is 0 Å². The van der Waals surface area contributed by atoms with E-state index in [1.54, 1.807) is 0 Å². The van der Waals surface area contributed by atoms with Gasteiger partial charge in [-0.25, -0.2) is 9.59 Å². The topological polar surface area (TPSA) is 138 Å². The average Bonchev–Trinajstić information content (AvgIpc) is 3.25. The highest BCUT2D eigenvalue weighted by atomic mass is 16.8. The molecule has 0 aliphatic carbocycles. The van der Waals surface area contributed by atoms with Gasteiger partial charge in [0.05, 0.1) is 19.8 Å². The maximum absolute atomic E-state index is 9.80. The zero-order chi connectivity index (χ0) is 16.3. The Balaban J connectivity index is -0.000000238. The SMILES string of the molecule is C.C1CO1.CCOCCOC(=O)O.O=C1OCCO1.O=C=O. The summed E-state index contributed by atoms with van der Waals surface area (Å²) in [5.41, 5.74) is 0. The first kappa shape index (κ1) is 24.8. The molecular weight excluding hydrogens is 304 g/mol. The Morgan fingerprint density at radius 2 is 1.64 bits per heavy atom. The molecule has 0 radical (unpaired) electrons. The number of carbonyl (C=O) groups excluding carboxylic acids is 3. The van der Waals surface area contributed by atoms with Crippen molar-refractivity contribution >= 4 is 18.5 Å². The number of carbonyl (C=O) groups is 2. The van der Waals surface area contributed by atoms with Crippen LogP contribution in [0.2, 0.25) is 0 Å². The standard InChI is InChI=1S/C5H10O4.C3H4O3.C2H4O.CO2.CH4/c1-2-8-3-4-9-5(6)7;4-3-5-1-2-6-3;1-2-3-1;2-1-3;/h2-4H2,1H3,(H,6,7);1-2H2;1-2H2;;1H4. The fourth-order valence-electron chi connectivity index (χ4n) is 0.624. The van der Waals surface area contributed by atoms with Gasteiger partial charge in [-0.2, -0.15) is 9.59 Å². The van der Waals surface area contributed by atoms with Crippen molar-refractivity contribution in [3.05, 3.63) is 0 Å². The smallest absolute Gasteiger partial charge is 0.450 e. The molecule has 130 valence electrons. The van der Waals surface area contributed by atoms with Crippen LogP contribution in [0.4, 0.5) is 9.59 Å². The lowest BCUT2D eigenvalue weighted by atomic mass is 10.7. The molecule has 2 fully saturated rings. The Kier molecular flexibility index (Phi) is 23.9. The summed E-state index contributed by atoms with van der Waals surface area (Å²) in [5.74, 6) is 0. The second-order valence-corrected chi connectivity index (χ2v) is 2.95. The quantitative estimate of drug-likeness (QED) is 0.451.